The summed E-state index contributed by atoms with van der Waals surface area (Å²) in [5.41, 5.74) is 1.81. The minimum atomic E-state index is -0.100. The maximum atomic E-state index is 12.2. The van der Waals surface area contributed by atoms with Crippen molar-refractivity contribution in [1.29, 1.82) is 0 Å². The van der Waals surface area contributed by atoms with Gasteiger partial charge in [-0.05, 0) is 17.4 Å². The summed E-state index contributed by atoms with van der Waals surface area (Å²) >= 11 is 0. The predicted molar refractivity (Wildman–Crippen MR) is 79.3 cm³/mol. The zero-order valence-corrected chi connectivity index (χ0v) is 12.2. The largest absolute Gasteiger partial charge is 0.345 e. The number of rotatable bonds is 4. The minimum Gasteiger partial charge on any atom is -0.345 e. The Labute approximate surface area is 119 Å². The smallest absolute Gasteiger partial charge is 0.254 e. The normalized spacial score (nSPS) is 12.9. The summed E-state index contributed by atoms with van der Waals surface area (Å²) in [5.74, 6) is -0.100. The van der Waals surface area contributed by atoms with Gasteiger partial charge >= 0.3 is 0 Å². The molecule has 1 aromatic heterocycles. The van der Waals surface area contributed by atoms with Gasteiger partial charge in [0.25, 0.3) is 5.91 Å². The van der Waals surface area contributed by atoms with Gasteiger partial charge in [0.05, 0.1) is 17.8 Å². The number of amides is 1. The summed E-state index contributed by atoms with van der Waals surface area (Å²) in [6.45, 7) is 6.52. The molecule has 1 heterocycles. The molecular formula is C16H21N3O. The molecule has 0 aliphatic rings. The van der Waals surface area contributed by atoms with Crippen molar-refractivity contribution in [3.63, 3.8) is 0 Å². The Balaban J connectivity index is 2.17. The molecule has 0 saturated carbocycles. The van der Waals surface area contributed by atoms with Gasteiger partial charge in [-0.15, -0.1) is 0 Å². The number of carbonyl (C=O) groups is 1. The van der Waals surface area contributed by atoms with Gasteiger partial charge in [-0.25, -0.2) is 0 Å². The van der Waals surface area contributed by atoms with Gasteiger partial charge < -0.3 is 5.32 Å². The fourth-order valence-corrected chi connectivity index (χ4v) is 2.17. The number of benzene rings is 1. The van der Waals surface area contributed by atoms with E-state index in [4.69, 9.17) is 0 Å². The van der Waals surface area contributed by atoms with Gasteiger partial charge in [0.1, 0.15) is 0 Å². The van der Waals surface area contributed by atoms with Crippen LogP contribution in [0.15, 0.2) is 42.7 Å². The van der Waals surface area contributed by atoms with Crippen LogP contribution in [0.5, 0.6) is 0 Å². The quantitative estimate of drug-likeness (QED) is 0.896. The lowest BCUT2D eigenvalue weighted by Gasteiger charge is -2.27. The maximum Gasteiger partial charge on any atom is 0.254 e. The maximum absolute atomic E-state index is 12.2. The second kappa shape index (κ2) is 5.90. The van der Waals surface area contributed by atoms with Crippen LogP contribution >= 0.6 is 0 Å². The van der Waals surface area contributed by atoms with Crippen LogP contribution in [-0.4, -0.2) is 16.1 Å². The van der Waals surface area contributed by atoms with E-state index in [0.717, 1.165) is 12.0 Å². The first-order valence-electron chi connectivity index (χ1n) is 6.80. The molecule has 0 fully saturated rings. The van der Waals surface area contributed by atoms with Crippen molar-refractivity contribution < 1.29 is 4.79 Å². The number of aromatic amines is 1. The summed E-state index contributed by atoms with van der Waals surface area (Å²) in [7, 11) is 0. The molecule has 2 rings (SSSR count). The molecule has 1 unspecified atom stereocenters. The molecule has 2 N–H and O–H groups in total. The first-order chi connectivity index (χ1) is 9.46. The molecule has 0 aliphatic heterocycles. The van der Waals surface area contributed by atoms with Crippen LogP contribution in [0.4, 0.5) is 0 Å². The van der Waals surface area contributed by atoms with Crippen LogP contribution in [0.2, 0.25) is 0 Å². The number of nitrogens with one attached hydrogen (secondary N) is 2. The van der Waals surface area contributed by atoms with Crippen LogP contribution < -0.4 is 5.32 Å². The third kappa shape index (κ3) is 3.95. The van der Waals surface area contributed by atoms with Gasteiger partial charge in [-0.3, -0.25) is 9.89 Å². The van der Waals surface area contributed by atoms with Crippen molar-refractivity contribution >= 4 is 5.91 Å². The Hall–Kier alpha value is -2.10. The molecule has 1 amide bonds. The van der Waals surface area contributed by atoms with E-state index < -0.39 is 0 Å². The highest BCUT2D eigenvalue weighted by Gasteiger charge is 2.22. The van der Waals surface area contributed by atoms with Gasteiger partial charge in [0.2, 0.25) is 0 Å². The third-order valence-electron chi connectivity index (χ3n) is 3.08. The van der Waals surface area contributed by atoms with Gasteiger partial charge in [-0.1, -0.05) is 51.1 Å². The summed E-state index contributed by atoms with van der Waals surface area (Å²) in [4.78, 5) is 12.2. The third-order valence-corrected chi connectivity index (χ3v) is 3.08. The van der Waals surface area contributed by atoms with Gasteiger partial charge in [-0.2, -0.15) is 5.10 Å². The van der Waals surface area contributed by atoms with Crippen molar-refractivity contribution in [3.05, 3.63) is 53.9 Å². The van der Waals surface area contributed by atoms with E-state index in [-0.39, 0.29) is 17.4 Å². The van der Waals surface area contributed by atoms with Crippen LogP contribution in [-0.2, 0) is 0 Å². The Morgan fingerprint density at radius 1 is 1.30 bits per heavy atom. The Morgan fingerprint density at radius 3 is 2.55 bits per heavy atom. The van der Waals surface area contributed by atoms with E-state index in [1.807, 2.05) is 30.3 Å². The van der Waals surface area contributed by atoms with Crippen LogP contribution in [0, 0.1) is 5.41 Å². The zero-order chi connectivity index (χ0) is 14.6. The van der Waals surface area contributed by atoms with E-state index in [2.05, 4.69) is 36.3 Å². The monoisotopic (exact) mass is 271 g/mol. The van der Waals surface area contributed by atoms with Crippen molar-refractivity contribution in [3.8, 4) is 0 Å². The highest BCUT2D eigenvalue weighted by Crippen LogP contribution is 2.29. The van der Waals surface area contributed by atoms with Crippen molar-refractivity contribution in [2.45, 2.75) is 33.2 Å². The van der Waals surface area contributed by atoms with E-state index >= 15 is 0 Å². The summed E-state index contributed by atoms with van der Waals surface area (Å²) in [6.07, 6.45) is 4.02. The molecule has 2 aromatic rings. The number of aromatic nitrogens is 2. The standard InChI is InChI=1S/C16H21N3O/c1-16(2,3)9-14(12-7-5-4-6-8-12)19-15(20)13-10-17-18-11-13/h4-8,10-11,14H,9H2,1-3H3,(H,17,18)(H,19,20). The highest BCUT2D eigenvalue weighted by molar-refractivity contribution is 5.93. The van der Waals surface area contributed by atoms with Crippen LogP contribution in [0.25, 0.3) is 0 Å². The Kier molecular flexibility index (Phi) is 4.23. The Morgan fingerprint density at radius 2 is 2.00 bits per heavy atom. The SMILES string of the molecule is CC(C)(C)CC(NC(=O)c1cn[nH]c1)c1ccccc1. The van der Waals surface area contributed by atoms with Crippen LogP contribution in [0.3, 0.4) is 0 Å². The van der Waals surface area contributed by atoms with E-state index in [9.17, 15) is 4.79 Å². The van der Waals surface area contributed by atoms with Crippen LogP contribution in [0.1, 0.15) is 49.2 Å². The summed E-state index contributed by atoms with van der Waals surface area (Å²) in [6, 6.07) is 10.1. The molecular weight excluding hydrogens is 250 g/mol. The molecule has 0 saturated heterocycles. The fourth-order valence-electron chi connectivity index (χ4n) is 2.17. The number of hydrogen-bond donors (Lipinski definition) is 2. The topological polar surface area (TPSA) is 57.8 Å². The second-order valence-electron chi connectivity index (χ2n) is 6.19. The number of H-pyrrole nitrogens is 1. The number of nitrogens with zero attached hydrogens (tertiary/aromatic N) is 1. The number of carbonyl (C=O) groups excluding carboxylic acids is 1. The highest BCUT2D eigenvalue weighted by atomic mass is 16.1. The zero-order valence-electron chi connectivity index (χ0n) is 12.2. The molecule has 4 heteroatoms. The molecule has 0 spiro atoms. The van der Waals surface area contributed by atoms with E-state index in [1.54, 1.807) is 6.20 Å². The molecule has 1 aromatic carbocycles. The summed E-state index contributed by atoms with van der Waals surface area (Å²) in [5, 5.41) is 9.57. The second-order valence-corrected chi connectivity index (χ2v) is 6.19. The van der Waals surface area contributed by atoms with Crippen molar-refractivity contribution in [2.24, 2.45) is 5.41 Å². The molecule has 20 heavy (non-hydrogen) atoms. The van der Waals surface area contributed by atoms with E-state index in [1.165, 1.54) is 6.20 Å². The van der Waals surface area contributed by atoms with Gasteiger partial charge in [0.15, 0.2) is 0 Å². The average Bonchev–Trinajstić information content (AvgIpc) is 2.91. The molecule has 0 bridgehead atoms. The predicted octanol–water partition coefficient (Wildman–Crippen LogP) is 3.32. The molecule has 0 aliphatic carbocycles. The Bertz CT molecular complexity index is 541. The lowest BCUT2D eigenvalue weighted by atomic mass is 9.85. The fraction of sp³-hybridized carbons (Fsp3) is 0.375. The van der Waals surface area contributed by atoms with Crippen molar-refractivity contribution in [2.75, 3.05) is 0 Å². The minimum absolute atomic E-state index is 0.00130. The average molecular weight is 271 g/mol. The van der Waals surface area contributed by atoms with Crippen molar-refractivity contribution in [1.82, 2.24) is 15.5 Å². The first-order valence-corrected chi connectivity index (χ1v) is 6.80. The molecule has 0 radical (unpaired) electrons. The first kappa shape index (κ1) is 14.3. The lowest BCUT2D eigenvalue weighted by molar-refractivity contribution is 0.0926. The van der Waals surface area contributed by atoms with E-state index in [0.29, 0.717) is 5.56 Å². The van der Waals surface area contributed by atoms with Gasteiger partial charge in [0, 0.05) is 6.20 Å². The molecule has 4 nitrogen and oxygen atoms in total. The summed E-state index contributed by atoms with van der Waals surface area (Å²) < 4.78 is 0. The molecule has 1 atom stereocenters. The molecule has 106 valence electrons. The number of hydrogen-bond acceptors (Lipinski definition) is 2. The lowest BCUT2D eigenvalue weighted by Crippen LogP contribution is -2.31.